The Bertz CT molecular complexity index is 443. The van der Waals surface area contributed by atoms with Crippen molar-refractivity contribution in [2.24, 2.45) is 10.9 Å². The molecule has 0 saturated heterocycles. The third-order valence-electron chi connectivity index (χ3n) is 2.67. The monoisotopic (exact) mass is 279 g/mol. The zero-order valence-electron chi connectivity index (χ0n) is 11.6. The van der Waals surface area contributed by atoms with Crippen molar-refractivity contribution in [2.45, 2.75) is 26.3 Å². The van der Waals surface area contributed by atoms with Crippen LogP contribution in [0.1, 0.15) is 30.9 Å². The van der Waals surface area contributed by atoms with E-state index in [1.807, 2.05) is 19.1 Å². The second-order valence-corrected chi connectivity index (χ2v) is 4.32. The average Bonchev–Trinajstić information content (AvgIpc) is 2.49. The first-order valence-electron chi connectivity index (χ1n) is 6.58. The number of nitrogens with one attached hydrogen (secondary N) is 1. The summed E-state index contributed by atoms with van der Waals surface area (Å²) in [5.74, 6) is 0.0234. The smallest absolute Gasteiger partial charge is 0.222 e. The van der Waals surface area contributed by atoms with Gasteiger partial charge in [0.05, 0.1) is 6.61 Å². The first-order chi connectivity index (χ1) is 9.67. The van der Waals surface area contributed by atoms with E-state index >= 15 is 0 Å². The average molecular weight is 279 g/mol. The van der Waals surface area contributed by atoms with Crippen molar-refractivity contribution < 1.29 is 14.7 Å². The van der Waals surface area contributed by atoms with Crippen LogP contribution in [0.3, 0.4) is 0 Å². The van der Waals surface area contributed by atoms with E-state index in [4.69, 9.17) is 15.7 Å². The molecule has 0 spiro atoms. The molecule has 4 N–H and O–H groups in total. The van der Waals surface area contributed by atoms with E-state index in [9.17, 15) is 4.79 Å². The first kappa shape index (κ1) is 16.0. The molecule has 6 nitrogen and oxygen atoms in total. The minimum absolute atomic E-state index is 0.0402. The van der Waals surface area contributed by atoms with Crippen LogP contribution in [0, 0.1) is 0 Å². The van der Waals surface area contributed by atoms with Crippen LogP contribution in [0.5, 0.6) is 0 Å². The van der Waals surface area contributed by atoms with Crippen LogP contribution < -0.4 is 11.1 Å². The topological polar surface area (TPSA) is 96.9 Å². The molecule has 1 aromatic rings. The van der Waals surface area contributed by atoms with Gasteiger partial charge in [0.1, 0.15) is 0 Å². The highest BCUT2D eigenvalue weighted by Gasteiger charge is 2.02. The van der Waals surface area contributed by atoms with Gasteiger partial charge in [-0.15, -0.1) is 0 Å². The molecule has 1 amide bonds. The first-order valence-corrected chi connectivity index (χ1v) is 6.58. The molecule has 1 aromatic carbocycles. The third-order valence-corrected chi connectivity index (χ3v) is 2.67. The fourth-order valence-electron chi connectivity index (χ4n) is 1.55. The lowest BCUT2D eigenvalue weighted by atomic mass is 10.1. The highest BCUT2D eigenvalue weighted by molar-refractivity contribution is 5.96. The summed E-state index contributed by atoms with van der Waals surface area (Å²) in [6.07, 6.45) is 1.32. The predicted octanol–water partition coefficient (Wildman–Crippen LogP) is 1.21. The normalized spacial score (nSPS) is 11.3. The molecule has 110 valence electrons. The van der Waals surface area contributed by atoms with Crippen molar-refractivity contribution in [1.82, 2.24) is 5.32 Å². The van der Waals surface area contributed by atoms with Gasteiger partial charge in [-0.3, -0.25) is 4.79 Å². The fourth-order valence-corrected chi connectivity index (χ4v) is 1.55. The molecule has 0 bridgehead atoms. The number of hydrogen-bond donors (Lipinski definition) is 3. The molecule has 6 heteroatoms. The van der Waals surface area contributed by atoms with Crippen molar-refractivity contribution in [3.05, 3.63) is 35.4 Å². The van der Waals surface area contributed by atoms with E-state index in [2.05, 4.69) is 10.5 Å². The van der Waals surface area contributed by atoms with Crippen LogP contribution in [0.15, 0.2) is 29.4 Å². The Kier molecular flexibility index (Phi) is 7.13. The van der Waals surface area contributed by atoms with Gasteiger partial charge in [-0.05, 0) is 12.0 Å². The number of carbonyl (C=O) groups is 1. The number of nitrogens with zero attached hydrogens (tertiary/aromatic N) is 1. The maximum absolute atomic E-state index is 11.5. The van der Waals surface area contributed by atoms with Crippen molar-refractivity contribution in [2.75, 3.05) is 13.2 Å². The van der Waals surface area contributed by atoms with Gasteiger partial charge in [0.15, 0.2) is 5.84 Å². The zero-order chi connectivity index (χ0) is 14.8. The number of benzene rings is 1. The molecule has 0 saturated carbocycles. The lowest BCUT2D eigenvalue weighted by Gasteiger charge is -2.06. The molecule has 0 aliphatic carbocycles. The lowest BCUT2D eigenvalue weighted by molar-refractivity contribution is -0.122. The van der Waals surface area contributed by atoms with Crippen molar-refractivity contribution in [3.8, 4) is 0 Å². The molecule has 0 aliphatic rings. The Hall–Kier alpha value is -2.08. The maximum atomic E-state index is 11.5. The predicted molar refractivity (Wildman–Crippen MR) is 76.5 cm³/mol. The Balaban J connectivity index is 2.33. The number of oxime groups is 1. The number of ether oxygens (including phenoxy) is 1. The highest BCUT2D eigenvalue weighted by atomic mass is 16.5. The second kappa shape index (κ2) is 8.92. The van der Waals surface area contributed by atoms with Gasteiger partial charge in [-0.1, -0.05) is 36.3 Å². The van der Waals surface area contributed by atoms with Gasteiger partial charge in [0.2, 0.25) is 5.91 Å². The van der Waals surface area contributed by atoms with Crippen LogP contribution in [0.4, 0.5) is 0 Å². The Morgan fingerprint density at radius 3 is 2.65 bits per heavy atom. The number of rotatable bonds is 8. The van der Waals surface area contributed by atoms with Gasteiger partial charge < -0.3 is 21.0 Å². The van der Waals surface area contributed by atoms with Crippen LogP contribution in [-0.2, 0) is 16.1 Å². The van der Waals surface area contributed by atoms with Gasteiger partial charge in [-0.25, -0.2) is 0 Å². The second-order valence-electron chi connectivity index (χ2n) is 4.32. The fraction of sp³-hybridized carbons (Fsp3) is 0.429. The van der Waals surface area contributed by atoms with E-state index in [-0.39, 0.29) is 11.7 Å². The summed E-state index contributed by atoms with van der Waals surface area (Å²) in [7, 11) is 0. The number of amidine groups is 1. The molecular formula is C14H21N3O3. The Morgan fingerprint density at radius 1 is 1.35 bits per heavy atom. The maximum Gasteiger partial charge on any atom is 0.222 e. The van der Waals surface area contributed by atoms with Crippen LogP contribution in [0.25, 0.3) is 0 Å². The minimum Gasteiger partial charge on any atom is -0.409 e. The quantitative estimate of drug-likeness (QED) is 0.219. The number of amides is 1. The summed E-state index contributed by atoms with van der Waals surface area (Å²) < 4.78 is 5.25. The summed E-state index contributed by atoms with van der Waals surface area (Å²) >= 11 is 0. The van der Waals surface area contributed by atoms with E-state index in [1.54, 1.807) is 12.1 Å². The van der Waals surface area contributed by atoms with Crippen molar-refractivity contribution in [1.29, 1.82) is 0 Å². The van der Waals surface area contributed by atoms with E-state index in [1.165, 1.54) is 0 Å². The molecule has 0 heterocycles. The third kappa shape index (κ3) is 5.71. The Morgan fingerprint density at radius 2 is 2.05 bits per heavy atom. The SMILES string of the molecule is CCCOCCC(=O)NCc1ccc(C(N)=NO)cc1. The summed E-state index contributed by atoms with van der Waals surface area (Å²) in [5, 5.41) is 14.3. The number of carbonyl (C=O) groups excluding carboxylic acids is 1. The molecule has 0 atom stereocenters. The summed E-state index contributed by atoms with van der Waals surface area (Å²) in [5.41, 5.74) is 7.04. The van der Waals surface area contributed by atoms with Gasteiger partial charge in [-0.2, -0.15) is 0 Å². The molecule has 0 unspecified atom stereocenters. The minimum atomic E-state index is -0.0402. The van der Waals surface area contributed by atoms with E-state index < -0.39 is 0 Å². The lowest BCUT2D eigenvalue weighted by Crippen LogP contribution is -2.24. The van der Waals surface area contributed by atoms with Crippen LogP contribution in [-0.4, -0.2) is 30.2 Å². The van der Waals surface area contributed by atoms with E-state index in [0.717, 1.165) is 12.0 Å². The largest absolute Gasteiger partial charge is 0.409 e. The summed E-state index contributed by atoms with van der Waals surface area (Å²) in [6.45, 7) is 3.60. The molecule has 20 heavy (non-hydrogen) atoms. The Labute approximate surface area is 118 Å². The molecule has 0 aliphatic heterocycles. The van der Waals surface area contributed by atoms with Gasteiger partial charge in [0.25, 0.3) is 0 Å². The molecule has 1 rings (SSSR count). The molecule has 0 radical (unpaired) electrons. The summed E-state index contributed by atoms with van der Waals surface area (Å²) in [4.78, 5) is 11.5. The summed E-state index contributed by atoms with van der Waals surface area (Å²) in [6, 6.07) is 7.12. The van der Waals surface area contributed by atoms with Crippen LogP contribution >= 0.6 is 0 Å². The van der Waals surface area contributed by atoms with Gasteiger partial charge in [0, 0.05) is 25.1 Å². The number of nitrogens with two attached hydrogens (primary N) is 1. The highest BCUT2D eigenvalue weighted by Crippen LogP contribution is 2.04. The molecular weight excluding hydrogens is 258 g/mol. The molecule has 0 fully saturated rings. The standard InChI is InChI=1S/C14H21N3O3/c1-2-8-20-9-7-13(18)16-10-11-3-5-12(6-4-11)14(15)17-19/h3-6,19H,2,7-10H2,1H3,(H2,15,17)(H,16,18). The molecule has 0 aromatic heterocycles. The van der Waals surface area contributed by atoms with Crippen molar-refractivity contribution >= 4 is 11.7 Å². The van der Waals surface area contributed by atoms with Crippen LogP contribution in [0.2, 0.25) is 0 Å². The number of hydrogen-bond acceptors (Lipinski definition) is 4. The zero-order valence-corrected chi connectivity index (χ0v) is 11.6. The van der Waals surface area contributed by atoms with E-state index in [0.29, 0.717) is 31.7 Å². The van der Waals surface area contributed by atoms with Gasteiger partial charge >= 0.3 is 0 Å². The van der Waals surface area contributed by atoms with Crippen molar-refractivity contribution in [3.63, 3.8) is 0 Å².